The van der Waals surface area contributed by atoms with Crippen molar-refractivity contribution in [3.8, 4) is 11.5 Å². The number of methoxy groups -OCH3 is 2. The number of nitrogens with zero attached hydrogens (tertiary/aromatic N) is 1. The van der Waals surface area contributed by atoms with Gasteiger partial charge in [-0.1, -0.05) is 42.8 Å². The first-order valence-electron chi connectivity index (χ1n) is 10.2. The minimum absolute atomic E-state index is 0.0539. The largest absolute Gasteiger partial charge is 0.493 e. The van der Waals surface area contributed by atoms with Gasteiger partial charge in [-0.2, -0.15) is 0 Å². The predicted octanol–water partition coefficient (Wildman–Crippen LogP) is 3.50. The van der Waals surface area contributed by atoms with Gasteiger partial charge in [0.1, 0.15) is 6.04 Å². The molecule has 0 heterocycles. The number of ether oxygens (including phenoxy) is 2. The fourth-order valence-corrected chi connectivity index (χ4v) is 3.52. The van der Waals surface area contributed by atoms with E-state index in [1.165, 1.54) is 0 Å². The average Bonchev–Trinajstić information content (AvgIpc) is 2.76. The van der Waals surface area contributed by atoms with Gasteiger partial charge in [0.2, 0.25) is 11.8 Å². The molecule has 0 aromatic heterocycles. The van der Waals surface area contributed by atoms with E-state index in [2.05, 4.69) is 5.32 Å². The Balaban J connectivity index is 2.20. The SMILES string of the molecule is CC[C@@H](C(=O)NC)N(Cc1cccc(C)c1)C(=O)CCc1ccc(OC)c(OC)c1. The Bertz CT molecular complexity index is 866. The van der Waals surface area contributed by atoms with Gasteiger partial charge in [-0.05, 0) is 43.0 Å². The van der Waals surface area contributed by atoms with E-state index in [-0.39, 0.29) is 11.8 Å². The Labute approximate surface area is 179 Å². The van der Waals surface area contributed by atoms with Crippen molar-refractivity contribution >= 4 is 11.8 Å². The van der Waals surface area contributed by atoms with Crippen LogP contribution in [-0.2, 0) is 22.6 Å². The molecule has 0 aliphatic rings. The molecule has 0 unspecified atom stereocenters. The number of carbonyl (C=O) groups excluding carboxylic acids is 2. The van der Waals surface area contributed by atoms with E-state index >= 15 is 0 Å². The van der Waals surface area contributed by atoms with E-state index in [0.717, 1.165) is 16.7 Å². The molecule has 2 amide bonds. The number of hydrogen-bond donors (Lipinski definition) is 1. The molecule has 0 aliphatic carbocycles. The third kappa shape index (κ3) is 5.99. The Hall–Kier alpha value is -3.02. The zero-order valence-electron chi connectivity index (χ0n) is 18.5. The quantitative estimate of drug-likeness (QED) is 0.649. The summed E-state index contributed by atoms with van der Waals surface area (Å²) in [6.45, 7) is 4.34. The van der Waals surface area contributed by atoms with Crippen molar-refractivity contribution in [2.24, 2.45) is 0 Å². The van der Waals surface area contributed by atoms with Crippen LogP contribution in [0.15, 0.2) is 42.5 Å². The van der Waals surface area contributed by atoms with Gasteiger partial charge in [-0.25, -0.2) is 0 Å². The summed E-state index contributed by atoms with van der Waals surface area (Å²) in [4.78, 5) is 27.3. The Morgan fingerprint density at radius 2 is 1.77 bits per heavy atom. The van der Waals surface area contributed by atoms with Crippen molar-refractivity contribution in [1.82, 2.24) is 10.2 Å². The van der Waals surface area contributed by atoms with Crippen LogP contribution in [0.2, 0.25) is 0 Å². The molecule has 1 N–H and O–H groups in total. The van der Waals surface area contributed by atoms with Crippen LogP contribution in [0.3, 0.4) is 0 Å². The molecule has 30 heavy (non-hydrogen) atoms. The van der Waals surface area contributed by atoms with Crippen LogP contribution in [-0.4, -0.2) is 44.0 Å². The molecule has 2 rings (SSSR count). The minimum atomic E-state index is -0.506. The standard InChI is InChI=1S/C24H32N2O4/c1-6-20(24(28)25-3)26(16-19-9-7-8-17(2)14-19)23(27)13-11-18-10-12-21(29-4)22(15-18)30-5/h7-10,12,14-15,20H,6,11,13,16H2,1-5H3,(H,25,28)/t20-/m0/s1. The molecule has 162 valence electrons. The smallest absolute Gasteiger partial charge is 0.242 e. The summed E-state index contributed by atoms with van der Waals surface area (Å²) in [5.74, 6) is 1.08. The lowest BCUT2D eigenvalue weighted by Crippen LogP contribution is -2.48. The van der Waals surface area contributed by atoms with Crippen molar-refractivity contribution in [2.75, 3.05) is 21.3 Å². The van der Waals surface area contributed by atoms with Crippen molar-refractivity contribution in [1.29, 1.82) is 0 Å². The van der Waals surface area contributed by atoms with E-state index in [9.17, 15) is 9.59 Å². The number of carbonyl (C=O) groups is 2. The van der Waals surface area contributed by atoms with Gasteiger partial charge < -0.3 is 19.7 Å². The molecule has 0 spiro atoms. The highest BCUT2D eigenvalue weighted by Gasteiger charge is 2.27. The van der Waals surface area contributed by atoms with Crippen LogP contribution in [0.25, 0.3) is 0 Å². The summed E-state index contributed by atoms with van der Waals surface area (Å²) in [5, 5.41) is 2.69. The number of benzene rings is 2. The normalized spacial score (nSPS) is 11.5. The number of nitrogens with one attached hydrogen (secondary N) is 1. The van der Waals surface area contributed by atoms with Crippen LogP contribution in [0.5, 0.6) is 11.5 Å². The highest BCUT2D eigenvalue weighted by atomic mass is 16.5. The second-order valence-corrected chi connectivity index (χ2v) is 7.24. The second-order valence-electron chi connectivity index (χ2n) is 7.24. The van der Waals surface area contributed by atoms with Crippen molar-refractivity contribution in [2.45, 2.75) is 45.7 Å². The van der Waals surface area contributed by atoms with Crippen LogP contribution < -0.4 is 14.8 Å². The number of rotatable bonds is 10. The third-order valence-electron chi connectivity index (χ3n) is 5.14. The molecule has 1 atom stereocenters. The lowest BCUT2D eigenvalue weighted by Gasteiger charge is -2.30. The fraction of sp³-hybridized carbons (Fsp3) is 0.417. The molecule has 0 radical (unpaired) electrons. The third-order valence-corrected chi connectivity index (χ3v) is 5.14. The van der Waals surface area contributed by atoms with Crippen molar-refractivity contribution < 1.29 is 19.1 Å². The van der Waals surface area contributed by atoms with Crippen LogP contribution in [0, 0.1) is 6.92 Å². The van der Waals surface area contributed by atoms with Crippen molar-refractivity contribution in [3.05, 3.63) is 59.2 Å². The molecule has 0 aliphatic heterocycles. The van der Waals surface area contributed by atoms with E-state index in [1.54, 1.807) is 26.2 Å². The zero-order valence-corrected chi connectivity index (χ0v) is 18.5. The average molecular weight is 413 g/mol. The molecule has 6 heteroatoms. The van der Waals surface area contributed by atoms with Crippen LogP contribution in [0.1, 0.15) is 36.5 Å². The minimum Gasteiger partial charge on any atom is -0.493 e. The predicted molar refractivity (Wildman–Crippen MR) is 118 cm³/mol. The van der Waals surface area contributed by atoms with Gasteiger partial charge in [0.15, 0.2) is 11.5 Å². The van der Waals surface area contributed by atoms with Crippen LogP contribution in [0.4, 0.5) is 0 Å². The monoisotopic (exact) mass is 412 g/mol. The maximum Gasteiger partial charge on any atom is 0.242 e. The number of amides is 2. The van der Waals surface area contributed by atoms with Crippen molar-refractivity contribution in [3.63, 3.8) is 0 Å². The van der Waals surface area contributed by atoms with E-state index < -0.39 is 6.04 Å². The molecular formula is C24H32N2O4. The maximum absolute atomic E-state index is 13.2. The molecule has 0 bridgehead atoms. The topological polar surface area (TPSA) is 67.9 Å². The van der Waals surface area contributed by atoms with Gasteiger partial charge >= 0.3 is 0 Å². The summed E-state index contributed by atoms with van der Waals surface area (Å²) in [5.41, 5.74) is 3.11. The summed E-state index contributed by atoms with van der Waals surface area (Å²) in [6, 6.07) is 13.2. The molecule has 0 fully saturated rings. The Morgan fingerprint density at radius 1 is 1.03 bits per heavy atom. The van der Waals surface area contributed by atoms with Crippen LogP contribution >= 0.6 is 0 Å². The Kier molecular flexibility index (Phi) is 8.71. The van der Waals surface area contributed by atoms with E-state index in [0.29, 0.717) is 37.3 Å². The highest BCUT2D eigenvalue weighted by molar-refractivity contribution is 5.87. The summed E-state index contributed by atoms with van der Waals surface area (Å²) in [7, 11) is 4.78. The molecule has 6 nitrogen and oxygen atoms in total. The van der Waals surface area contributed by atoms with E-state index in [4.69, 9.17) is 9.47 Å². The Morgan fingerprint density at radius 3 is 2.37 bits per heavy atom. The van der Waals surface area contributed by atoms with Gasteiger partial charge in [-0.3, -0.25) is 9.59 Å². The lowest BCUT2D eigenvalue weighted by atomic mass is 10.0. The zero-order chi connectivity index (χ0) is 22.1. The second kappa shape index (κ2) is 11.2. The maximum atomic E-state index is 13.2. The number of aryl methyl sites for hydroxylation is 2. The van der Waals surface area contributed by atoms with Gasteiger partial charge in [-0.15, -0.1) is 0 Å². The first kappa shape index (κ1) is 23.3. The van der Waals surface area contributed by atoms with Gasteiger partial charge in [0.25, 0.3) is 0 Å². The summed E-state index contributed by atoms with van der Waals surface area (Å²) < 4.78 is 10.6. The molecular weight excluding hydrogens is 380 g/mol. The fourth-order valence-electron chi connectivity index (χ4n) is 3.52. The lowest BCUT2D eigenvalue weighted by molar-refractivity contribution is -0.141. The first-order valence-corrected chi connectivity index (χ1v) is 10.2. The summed E-state index contributed by atoms with van der Waals surface area (Å²) in [6.07, 6.45) is 1.40. The highest BCUT2D eigenvalue weighted by Crippen LogP contribution is 2.28. The molecule has 2 aromatic carbocycles. The van der Waals surface area contributed by atoms with E-state index in [1.807, 2.05) is 56.3 Å². The first-order chi connectivity index (χ1) is 14.4. The number of likely N-dealkylation sites (N-methyl/N-ethyl adjacent to an activating group) is 1. The number of hydrogen-bond acceptors (Lipinski definition) is 4. The van der Waals surface area contributed by atoms with Gasteiger partial charge in [0.05, 0.1) is 14.2 Å². The molecule has 0 saturated carbocycles. The molecule has 0 saturated heterocycles. The van der Waals surface area contributed by atoms with Gasteiger partial charge in [0, 0.05) is 20.0 Å². The summed E-state index contributed by atoms with van der Waals surface area (Å²) >= 11 is 0. The molecule has 2 aromatic rings.